The molecule has 1 nitrogen and oxygen atoms in total. The standard InChI is InChI=1S/C15H10BrClO/c16-13-8-7-12(10-14(13)17)15(18)9-6-11-4-2-1-3-5-11/h1-10H. The van der Waals surface area contributed by atoms with Crippen LogP contribution in [0.15, 0.2) is 59.1 Å². The molecular formula is C15H10BrClO. The van der Waals surface area contributed by atoms with Crippen LogP contribution in [0, 0.1) is 0 Å². The van der Waals surface area contributed by atoms with Crippen LogP contribution in [0.25, 0.3) is 6.08 Å². The summed E-state index contributed by atoms with van der Waals surface area (Å²) in [5.74, 6) is -0.0618. The minimum absolute atomic E-state index is 0.0618. The molecule has 0 aromatic heterocycles. The molecule has 2 rings (SSSR count). The molecule has 0 unspecified atom stereocenters. The van der Waals surface area contributed by atoms with Crippen LogP contribution in [0.4, 0.5) is 0 Å². The minimum Gasteiger partial charge on any atom is -0.289 e. The fraction of sp³-hybridized carbons (Fsp3) is 0. The quantitative estimate of drug-likeness (QED) is 0.574. The van der Waals surface area contributed by atoms with Gasteiger partial charge in [-0.2, -0.15) is 0 Å². The van der Waals surface area contributed by atoms with Crippen LogP contribution < -0.4 is 0 Å². The second-order valence-corrected chi connectivity index (χ2v) is 5.00. The molecule has 0 atom stereocenters. The van der Waals surface area contributed by atoms with Crippen LogP contribution in [0.2, 0.25) is 5.02 Å². The number of allylic oxidation sites excluding steroid dienone is 1. The number of halogens is 2. The van der Waals surface area contributed by atoms with Gasteiger partial charge >= 0.3 is 0 Å². The third-order valence-corrected chi connectivity index (χ3v) is 3.66. The van der Waals surface area contributed by atoms with Gasteiger partial charge in [-0.3, -0.25) is 4.79 Å². The summed E-state index contributed by atoms with van der Waals surface area (Å²) in [6.07, 6.45) is 3.34. The number of rotatable bonds is 3. The number of hydrogen-bond acceptors (Lipinski definition) is 1. The number of carbonyl (C=O) groups is 1. The Bertz CT molecular complexity index is 591. The Hall–Kier alpha value is -1.38. The van der Waals surface area contributed by atoms with Gasteiger partial charge in [0.25, 0.3) is 0 Å². The average molecular weight is 322 g/mol. The maximum absolute atomic E-state index is 11.9. The lowest BCUT2D eigenvalue weighted by atomic mass is 10.1. The second-order valence-electron chi connectivity index (χ2n) is 3.74. The Morgan fingerprint density at radius 1 is 1.11 bits per heavy atom. The molecule has 0 fully saturated rings. The van der Waals surface area contributed by atoms with Gasteiger partial charge in [0, 0.05) is 10.0 Å². The molecule has 0 saturated heterocycles. The lowest BCUT2D eigenvalue weighted by Gasteiger charge is -1.99. The van der Waals surface area contributed by atoms with Crippen molar-refractivity contribution in [2.75, 3.05) is 0 Å². The zero-order chi connectivity index (χ0) is 13.0. The van der Waals surface area contributed by atoms with Crippen molar-refractivity contribution in [2.45, 2.75) is 0 Å². The predicted octanol–water partition coefficient (Wildman–Crippen LogP) is 5.00. The Morgan fingerprint density at radius 2 is 1.83 bits per heavy atom. The molecular weight excluding hydrogens is 312 g/mol. The smallest absolute Gasteiger partial charge is 0.185 e. The van der Waals surface area contributed by atoms with E-state index in [9.17, 15) is 4.79 Å². The zero-order valence-corrected chi connectivity index (χ0v) is 11.8. The molecule has 0 radical (unpaired) electrons. The summed E-state index contributed by atoms with van der Waals surface area (Å²) in [5.41, 5.74) is 1.57. The first-order chi connectivity index (χ1) is 8.66. The second kappa shape index (κ2) is 5.98. The van der Waals surface area contributed by atoms with Crippen molar-refractivity contribution < 1.29 is 4.79 Å². The summed E-state index contributed by atoms with van der Waals surface area (Å²) >= 11 is 9.24. The van der Waals surface area contributed by atoms with E-state index >= 15 is 0 Å². The molecule has 0 aliphatic heterocycles. The zero-order valence-electron chi connectivity index (χ0n) is 9.44. The summed E-state index contributed by atoms with van der Waals surface area (Å²) in [4.78, 5) is 11.9. The van der Waals surface area contributed by atoms with Gasteiger partial charge in [-0.05, 0) is 45.8 Å². The maximum atomic E-state index is 11.9. The summed E-state index contributed by atoms with van der Waals surface area (Å²) in [6, 6.07) is 14.9. The van der Waals surface area contributed by atoms with Gasteiger partial charge in [-0.15, -0.1) is 0 Å². The summed E-state index contributed by atoms with van der Waals surface area (Å²) < 4.78 is 0.785. The van der Waals surface area contributed by atoms with E-state index in [0.717, 1.165) is 10.0 Å². The first-order valence-corrected chi connectivity index (χ1v) is 6.56. The van der Waals surface area contributed by atoms with Gasteiger partial charge in [0.05, 0.1) is 5.02 Å². The van der Waals surface area contributed by atoms with E-state index in [4.69, 9.17) is 11.6 Å². The van der Waals surface area contributed by atoms with Gasteiger partial charge in [0.2, 0.25) is 0 Å². The molecule has 0 amide bonds. The molecule has 3 heteroatoms. The van der Waals surface area contributed by atoms with Crippen molar-refractivity contribution >= 4 is 39.4 Å². The van der Waals surface area contributed by atoms with Gasteiger partial charge in [0.1, 0.15) is 0 Å². The highest BCUT2D eigenvalue weighted by Gasteiger charge is 2.04. The van der Waals surface area contributed by atoms with Crippen LogP contribution >= 0.6 is 27.5 Å². The van der Waals surface area contributed by atoms with E-state index in [0.29, 0.717) is 10.6 Å². The maximum Gasteiger partial charge on any atom is 0.185 e. The van der Waals surface area contributed by atoms with Crippen molar-refractivity contribution in [3.63, 3.8) is 0 Å². The minimum atomic E-state index is -0.0618. The first kappa shape index (κ1) is 13.1. The third-order valence-electron chi connectivity index (χ3n) is 2.43. The van der Waals surface area contributed by atoms with Crippen LogP contribution in [0.1, 0.15) is 15.9 Å². The van der Waals surface area contributed by atoms with Crippen LogP contribution in [0.3, 0.4) is 0 Å². The first-order valence-electron chi connectivity index (χ1n) is 5.39. The van der Waals surface area contributed by atoms with Gasteiger partial charge in [-0.1, -0.05) is 48.0 Å². The van der Waals surface area contributed by atoms with E-state index in [1.807, 2.05) is 30.3 Å². The molecule has 0 heterocycles. The monoisotopic (exact) mass is 320 g/mol. The van der Waals surface area contributed by atoms with Crippen LogP contribution in [-0.2, 0) is 0 Å². The lowest BCUT2D eigenvalue weighted by molar-refractivity contribution is 0.104. The molecule has 18 heavy (non-hydrogen) atoms. The van der Waals surface area contributed by atoms with E-state index in [1.165, 1.54) is 0 Å². The largest absolute Gasteiger partial charge is 0.289 e. The van der Waals surface area contributed by atoms with E-state index in [-0.39, 0.29) is 5.78 Å². The normalized spacial score (nSPS) is 10.8. The van der Waals surface area contributed by atoms with Crippen molar-refractivity contribution in [1.29, 1.82) is 0 Å². The number of hydrogen-bond donors (Lipinski definition) is 0. The van der Waals surface area contributed by atoms with Crippen molar-refractivity contribution in [2.24, 2.45) is 0 Å². The molecule has 0 aliphatic rings. The molecule has 90 valence electrons. The lowest BCUT2D eigenvalue weighted by Crippen LogP contribution is -1.93. The summed E-state index contributed by atoms with van der Waals surface area (Å²) in [7, 11) is 0. The Labute approximate surface area is 119 Å². The van der Waals surface area contributed by atoms with Crippen LogP contribution in [-0.4, -0.2) is 5.78 Å². The van der Waals surface area contributed by atoms with E-state index in [2.05, 4.69) is 15.9 Å². The van der Waals surface area contributed by atoms with Crippen molar-refractivity contribution in [3.8, 4) is 0 Å². The Balaban J connectivity index is 2.17. The summed E-state index contributed by atoms with van der Waals surface area (Å²) in [6.45, 7) is 0. The molecule has 0 saturated carbocycles. The van der Waals surface area contributed by atoms with E-state index < -0.39 is 0 Å². The molecule has 0 bridgehead atoms. The van der Waals surface area contributed by atoms with E-state index in [1.54, 1.807) is 30.4 Å². The molecule has 2 aromatic rings. The topological polar surface area (TPSA) is 17.1 Å². The van der Waals surface area contributed by atoms with Gasteiger partial charge < -0.3 is 0 Å². The molecule has 0 N–H and O–H groups in total. The predicted molar refractivity (Wildman–Crippen MR) is 79.0 cm³/mol. The fourth-order valence-corrected chi connectivity index (χ4v) is 1.91. The molecule has 0 spiro atoms. The van der Waals surface area contributed by atoms with Gasteiger partial charge in [-0.25, -0.2) is 0 Å². The van der Waals surface area contributed by atoms with Crippen molar-refractivity contribution in [1.82, 2.24) is 0 Å². The van der Waals surface area contributed by atoms with Crippen molar-refractivity contribution in [3.05, 3.63) is 75.2 Å². The summed E-state index contributed by atoms with van der Waals surface area (Å²) in [5, 5.41) is 0.536. The van der Waals surface area contributed by atoms with Crippen LogP contribution in [0.5, 0.6) is 0 Å². The molecule has 2 aromatic carbocycles. The highest BCUT2D eigenvalue weighted by Crippen LogP contribution is 2.23. The molecule has 0 aliphatic carbocycles. The highest BCUT2D eigenvalue weighted by molar-refractivity contribution is 9.10. The Kier molecular flexibility index (Phi) is 4.34. The fourth-order valence-electron chi connectivity index (χ4n) is 1.48. The number of carbonyl (C=O) groups excluding carboxylic acids is 1. The highest BCUT2D eigenvalue weighted by atomic mass is 79.9. The average Bonchev–Trinajstić information content (AvgIpc) is 2.40. The third kappa shape index (κ3) is 3.31. The Morgan fingerprint density at radius 3 is 2.50 bits per heavy atom. The SMILES string of the molecule is O=C(C=Cc1ccccc1)c1ccc(Br)c(Cl)c1. The van der Waals surface area contributed by atoms with Gasteiger partial charge in [0.15, 0.2) is 5.78 Å². The number of ketones is 1. The number of benzene rings is 2.